The van der Waals surface area contributed by atoms with Crippen LogP contribution in [0.2, 0.25) is 0 Å². The van der Waals surface area contributed by atoms with Gasteiger partial charge < -0.3 is 5.32 Å². The molecule has 0 aliphatic heterocycles. The molecule has 0 heterocycles. The van der Waals surface area contributed by atoms with E-state index in [9.17, 15) is 9.18 Å². The van der Waals surface area contributed by atoms with Crippen molar-refractivity contribution in [2.45, 2.75) is 6.42 Å². The molecular formula is C15H12Br2FNO. The van der Waals surface area contributed by atoms with E-state index in [1.807, 2.05) is 24.3 Å². The topological polar surface area (TPSA) is 29.1 Å². The van der Waals surface area contributed by atoms with Gasteiger partial charge in [-0.2, -0.15) is 0 Å². The molecule has 2 nitrogen and oxygen atoms in total. The van der Waals surface area contributed by atoms with E-state index in [4.69, 9.17) is 0 Å². The number of carbonyl (C=O) groups excluding carboxylic acids is 1. The highest BCUT2D eigenvalue weighted by Gasteiger charge is 2.09. The van der Waals surface area contributed by atoms with Gasteiger partial charge in [-0.3, -0.25) is 4.79 Å². The van der Waals surface area contributed by atoms with Gasteiger partial charge in [0, 0.05) is 16.6 Å². The Morgan fingerprint density at radius 1 is 1.15 bits per heavy atom. The first-order valence-corrected chi connectivity index (χ1v) is 7.89. The average Bonchev–Trinajstić information content (AvgIpc) is 2.44. The summed E-state index contributed by atoms with van der Waals surface area (Å²) in [7, 11) is 0. The maximum Gasteiger partial charge on any atom is 0.235 e. The van der Waals surface area contributed by atoms with Gasteiger partial charge in [0.15, 0.2) is 0 Å². The molecule has 104 valence electrons. The molecule has 0 saturated heterocycles. The van der Waals surface area contributed by atoms with Crippen molar-refractivity contribution < 1.29 is 9.18 Å². The van der Waals surface area contributed by atoms with Gasteiger partial charge in [0.2, 0.25) is 5.91 Å². The monoisotopic (exact) mass is 399 g/mol. The van der Waals surface area contributed by atoms with Gasteiger partial charge in [-0.15, -0.1) is 0 Å². The van der Waals surface area contributed by atoms with Crippen LogP contribution in [0.15, 0.2) is 46.9 Å². The molecule has 2 aromatic rings. The molecule has 5 heteroatoms. The average molecular weight is 401 g/mol. The molecule has 2 aromatic carbocycles. The second-order valence-corrected chi connectivity index (χ2v) is 5.67. The molecule has 0 aliphatic rings. The van der Waals surface area contributed by atoms with Crippen LogP contribution in [0.1, 0.15) is 11.1 Å². The van der Waals surface area contributed by atoms with Gasteiger partial charge in [0.1, 0.15) is 5.82 Å². The van der Waals surface area contributed by atoms with Crippen LogP contribution in [0.3, 0.4) is 0 Å². The van der Waals surface area contributed by atoms with E-state index in [2.05, 4.69) is 37.2 Å². The highest BCUT2D eigenvalue weighted by molar-refractivity contribution is 9.10. The number of hydrogen-bond donors (Lipinski definition) is 1. The summed E-state index contributed by atoms with van der Waals surface area (Å²) in [5.41, 5.74) is 2.41. The van der Waals surface area contributed by atoms with E-state index >= 15 is 0 Å². The molecule has 0 radical (unpaired) electrons. The third-order valence-corrected chi connectivity index (χ3v) is 4.08. The fraction of sp³-hybridized carbons (Fsp3) is 0.133. The lowest BCUT2D eigenvalue weighted by molar-refractivity contribution is -0.113. The third-order valence-electron chi connectivity index (χ3n) is 2.80. The molecule has 0 spiro atoms. The van der Waals surface area contributed by atoms with Crippen molar-refractivity contribution in [3.05, 3.63) is 63.9 Å². The van der Waals surface area contributed by atoms with Crippen LogP contribution in [0.25, 0.3) is 0 Å². The molecule has 20 heavy (non-hydrogen) atoms. The van der Waals surface area contributed by atoms with Crippen LogP contribution in [0.5, 0.6) is 0 Å². The van der Waals surface area contributed by atoms with Crippen LogP contribution in [-0.4, -0.2) is 11.2 Å². The Hall–Kier alpha value is -1.20. The number of amides is 1. The largest absolute Gasteiger partial charge is 0.325 e. The zero-order valence-electron chi connectivity index (χ0n) is 10.5. The summed E-state index contributed by atoms with van der Waals surface area (Å²) in [5, 5.41) is 2.97. The molecule has 0 aromatic heterocycles. The number of carbonyl (C=O) groups is 1. The fourth-order valence-electron chi connectivity index (χ4n) is 1.86. The first-order valence-electron chi connectivity index (χ1n) is 5.98. The molecule has 0 bridgehead atoms. The van der Waals surface area contributed by atoms with E-state index in [-0.39, 0.29) is 17.1 Å². The van der Waals surface area contributed by atoms with Crippen molar-refractivity contribution in [2.24, 2.45) is 0 Å². The number of alkyl halides is 1. The van der Waals surface area contributed by atoms with Crippen LogP contribution in [0.4, 0.5) is 10.1 Å². The SMILES string of the molecule is O=C(CBr)Nc1ccc(F)cc1Cc1ccccc1Br. The van der Waals surface area contributed by atoms with E-state index in [0.717, 1.165) is 15.6 Å². The van der Waals surface area contributed by atoms with Crippen LogP contribution in [-0.2, 0) is 11.2 Å². The van der Waals surface area contributed by atoms with Gasteiger partial charge in [-0.05, 0) is 35.4 Å². The predicted molar refractivity (Wildman–Crippen MR) is 85.8 cm³/mol. The fourth-order valence-corrected chi connectivity index (χ4v) is 2.43. The highest BCUT2D eigenvalue weighted by atomic mass is 79.9. The smallest absolute Gasteiger partial charge is 0.235 e. The van der Waals surface area contributed by atoms with Crippen molar-refractivity contribution in [1.29, 1.82) is 0 Å². The number of benzene rings is 2. The number of anilines is 1. The number of halogens is 3. The molecule has 0 fully saturated rings. The van der Waals surface area contributed by atoms with Crippen LogP contribution < -0.4 is 5.32 Å². The van der Waals surface area contributed by atoms with E-state index in [0.29, 0.717) is 12.1 Å². The highest BCUT2D eigenvalue weighted by Crippen LogP contribution is 2.24. The summed E-state index contributed by atoms with van der Waals surface area (Å²) in [6.07, 6.45) is 0.539. The Labute approximate surface area is 133 Å². The minimum absolute atomic E-state index is 0.162. The Balaban J connectivity index is 2.32. The Morgan fingerprint density at radius 2 is 1.90 bits per heavy atom. The molecule has 1 amide bonds. The van der Waals surface area contributed by atoms with Crippen molar-refractivity contribution in [2.75, 3.05) is 10.6 Å². The van der Waals surface area contributed by atoms with Crippen molar-refractivity contribution in [3.8, 4) is 0 Å². The molecule has 0 aliphatic carbocycles. The molecular weight excluding hydrogens is 389 g/mol. The second-order valence-electron chi connectivity index (χ2n) is 4.25. The number of hydrogen-bond acceptors (Lipinski definition) is 1. The minimum Gasteiger partial charge on any atom is -0.325 e. The lowest BCUT2D eigenvalue weighted by Gasteiger charge is -2.11. The van der Waals surface area contributed by atoms with Crippen molar-refractivity contribution in [3.63, 3.8) is 0 Å². The Morgan fingerprint density at radius 3 is 2.60 bits per heavy atom. The molecule has 0 atom stereocenters. The second kappa shape index (κ2) is 6.99. The summed E-state index contributed by atoms with van der Waals surface area (Å²) >= 11 is 6.57. The Bertz CT molecular complexity index is 631. The van der Waals surface area contributed by atoms with Crippen molar-refractivity contribution >= 4 is 43.5 Å². The quantitative estimate of drug-likeness (QED) is 0.751. The first-order chi connectivity index (χ1) is 9.60. The summed E-state index contributed by atoms with van der Waals surface area (Å²) in [6.45, 7) is 0. The normalized spacial score (nSPS) is 10.3. The summed E-state index contributed by atoms with van der Waals surface area (Å²) in [4.78, 5) is 11.5. The number of rotatable bonds is 4. The summed E-state index contributed by atoms with van der Waals surface area (Å²) in [5.74, 6) is -0.478. The third kappa shape index (κ3) is 3.90. The Kier molecular flexibility index (Phi) is 5.31. The van der Waals surface area contributed by atoms with E-state index in [1.54, 1.807) is 6.07 Å². The standard InChI is InChI=1S/C15H12Br2FNO/c16-9-15(20)19-14-6-5-12(18)8-11(14)7-10-3-1-2-4-13(10)17/h1-6,8H,7,9H2,(H,19,20). The number of nitrogens with one attached hydrogen (secondary N) is 1. The maximum absolute atomic E-state index is 13.4. The lowest BCUT2D eigenvalue weighted by Crippen LogP contribution is -2.14. The molecule has 1 N–H and O–H groups in total. The van der Waals surface area contributed by atoms with E-state index in [1.165, 1.54) is 12.1 Å². The molecule has 0 unspecified atom stereocenters. The lowest BCUT2D eigenvalue weighted by atomic mass is 10.0. The summed E-state index contributed by atoms with van der Waals surface area (Å²) in [6, 6.07) is 12.1. The van der Waals surface area contributed by atoms with Gasteiger partial charge in [0.05, 0.1) is 5.33 Å². The summed E-state index contributed by atoms with van der Waals surface area (Å²) < 4.78 is 14.4. The first kappa shape index (κ1) is 15.2. The van der Waals surface area contributed by atoms with Crippen LogP contribution >= 0.6 is 31.9 Å². The zero-order chi connectivity index (χ0) is 14.5. The molecule has 0 saturated carbocycles. The van der Waals surface area contributed by atoms with Gasteiger partial charge in [-0.25, -0.2) is 4.39 Å². The van der Waals surface area contributed by atoms with Gasteiger partial charge in [-0.1, -0.05) is 50.1 Å². The van der Waals surface area contributed by atoms with Crippen LogP contribution in [0, 0.1) is 5.82 Å². The zero-order valence-corrected chi connectivity index (χ0v) is 13.7. The molecule has 2 rings (SSSR count). The predicted octanol–water partition coefficient (Wildman–Crippen LogP) is 4.51. The minimum atomic E-state index is -0.316. The van der Waals surface area contributed by atoms with Crippen molar-refractivity contribution in [1.82, 2.24) is 0 Å². The van der Waals surface area contributed by atoms with Gasteiger partial charge >= 0.3 is 0 Å². The van der Waals surface area contributed by atoms with E-state index < -0.39 is 0 Å². The maximum atomic E-state index is 13.4. The van der Waals surface area contributed by atoms with Gasteiger partial charge in [0.25, 0.3) is 0 Å².